The standard InChI is InChI=1S/C18H29N3O6.C2HF3O2/c1-17(2,3)26-15(24)21(16(25)27-18(4,5)6)13(14(22)23)8-7-10-20-11-9-19-12-20;3-2(4,5)1(6)7/h9,11-13H,7-8,10H2,1-6H3,(H,22,23);(H,6,7). The number of alkyl halides is 3. The first-order valence-corrected chi connectivity index (χ1v) is 9.98. The average Bonchev–Trinajstić information content (AvgIpc) is 3.10. The molecule has 1 rings (SSSR count). The minimum atomic E-state index is -5.08. The topological polar surface area (TPSA) is 148 Å². The van der Waals surface area contributed by atoms with E-state index in [2.05, 4.69) is 4.98 Å². The van der Waals surface area contributed by atoms with Gasteiger partial charge in [-0.1, -0.05) is 0 Å². The molecule has 1 aromatic rings. The van der Waals surface area contributed by atoms with Crippen LogP contribution < -0.4 is 0 Å². The number of aryl methyl sites for hydroxylation is 1. The number of carbonyl (C=O) groups excluding carboxylic acids is 2. The molecule has 2 N–H and O–H groups in total. The van der Waals surface area contributed by atoms with Gasteiger partial charge in [0.1, 0.15) is 17.2 Å². The minimum absolute atomic E-state index is 0.0476. The maximum Gasteiger partial charge on any atom is 0.490 e. The highest BCUT2D eigenvalue weighted by Gasteiger charge is 2.40. The molecule has 2 amide bonds. The molecule has 1 heterocycles. The van der Waals surface area contributed by atoms with Crippen molar-refractivity contribution in [3.8, 4) is 0 Å². The Balaban J connectivity index is 0.00000135. The first-order valence-electron chi connectivity index (χ1n) is 9.98. The van der Waals surface area contributed by atoms with Crippen LogP contribution in [0.3, 0.4) is 0 Å². The van der Waals surface area contributed by atoms with Crippen LogP contribution in [0.5, 0.6) is 0 Å². The Hall–Kier alpha value is -3.32. The van der Waals surface area contributed by atoms with Crippen LogP contribution in [-0.4, -0.2) is 72.2 Å². The lowest BCUT2D eigenvalue weighted by Gasteiger charge is -2.31. The van der Waals surface area contributed by atoms with Crippen molar-refractivity contribution in [3.05, 3.63) is 18.7 Å². The fourth-order valence-corrected chi connectivity index (χ4v) is 2.20. The summed E-state index contributed by atoms with van der Waals surface area (Å²) in [4.78, 5) is 50.3. The summed E-state index contributed by atoms with van der Waals surface area (Å²) in [5.41, 5.74) is -1.78. The lowest BCUT2D eigenvalue weighted by molar-refractivity contribution is -0.192. The summed E-state index contributed by atoms with van der Waals surface area (Å²) >= 11 is 0. The molecule has 1 aromatic heterocycles. The lowest BCUT2D eigenvalue weighted by atomic mass is 10.1. The Kier molecular flexibility index (Phi) is 11.0. The molecule has 0 bridgehead atoms. The van der Waals surface area contributed by atoms with E-state index in [1.54, 1.807) is 64.8 Å². The summed E-state index contributed by atoms with van der Waals surface area (Å²) in [5, 5.41) is 16.7. The van der Waals surface area contributed by atoms with Gasteiger partial charge in [-0.25, -0.2) is 24.2 Å². The SMILES string of the molecule is CC(C)(C)OC(=O)N(C(=O)OC(C)(C)C)C(CCCn1ccnc1)C(=O)O.O=C(O)C(F)(F)F. The normalized spacial score (nSPS) is 12.6. The Morgan fingerprint density at radius 1 is 0.971 bits per heavy atom. The number of imide groups is 1. The maximum atomic E-state index is 12.5. The van der Waals surface area contributed by atoms with E-state index in [0.717, 1.165) is 0 Å². The molecular formula is C20H30F3N3O8. The van der Waals surface area contributed by atoms with Gasteiger partial charge in [0.25, 0.3) is 0 Å². The summed E-state index contributed by atoms with van der Waals surface area (Å²) in [5.74, 6) is -4.06. The zero-order valence-corrected chi connectivity index (χ0v) is 19.8. The molecule has 1 unspecified atom stereocenters. The van der Waals surface area contributed by atoms with Crippen molar-refractivity contribution in [2.24, 2.45) is 0 Å². The molecule has 194 valence electrons. The van der Waals surface area contributed by atoms with Crippen molar-refractivity contribution in [3.63, 3.8) is 0 Å². The van der Waals surface area contributed by atoms with Crippen LogP contribution in [0.2, 0.25) is 0 Å². The molecule has 0 saturated carbocycles. The number of rotatable bonds is 6. The van der Waals surface area contributed by atoms with Gasteiger partial charge in [0.15, 0.2) is 0 Å². The summed E-state index contributed by atoms with van der Waals surface area (Å²) in [6.45, 7) is 10.3. The molecule has 0 aliphatic carbocycles. The fraction of sp³-hybridized carbons (Fsp3) is 0.650. The third-order valence-electron chi connectivity index (χ3n) is 3.47. The van der Waals surface area contributed by atoms with Gasteiger partial charge in [0.2, 0.25) is 0 Å². The van der Waals surface area contributed by atoms with Crippen LogP contribution in [-0.2, 0) is 25.6 Å². The number of halogens is 3. The van der Waals surface area contributed by atoms with Gasteiger partial charge in [-0.2, -0.15) is 18.1 Å². The number of ether oxygens (including phenoxy) is 2. The molecular weight excluding hydrogens is 467 g/mol. The zero-order chi connectivity index (χ0) is 26.9. The number of carbonyl (C=O) groups is 4. The van der Waals surface area contributed by atoms with E-state index < -0.39 is 47.5 Å². The van der Waals surface area contributed by atoms with Gasteiger partial charge in [0.05, 0.1) is 6.33 Å². The second kappa shape index (κ2) is 12.2. The van der Waals surface area contributed by atoms with Crippen LogP contribution in [0, 0.1) is 0 Å². The number of aliphatic carboxylic acids is 2. The summed E-state index contributed by atoms with van der Waals surface area (Å²) in [7, 11) is 0. The zero-order valence-electron chi connectivity index (χ0n) is 19.8. The van der Waals surface area contributed by atoms with E-state index in [4.69, 9.17) is 19.4 Å². The number of hydrogen-bond donors (Lipinski definition) is 2. The average molecular weight is 497 g/mol. The molecule has 0 spiro atoms. The quantitative estimate of drug-likeness (QED) is 0.596. The molecule has 0 aliphatic heterocycles. The van der Waals surface area contributed by atoms with Crippen molar-refractivity contribution < 1.29 is 52.0 Å². The molecule has 11 nitrogen and oxygen atoms in total. The number of amides is 2. The minimum Gasteiger partial charge on any atom is -0.480 e. The number of nitrogens with zero attached hydrogens (tertiary/aromatic N) is 3. The second-order valence-corrected chi connectivity index (χ2v) is 8.93. The van der Waals surface area contributed by atoms with E-state index in [9.17, 15) is 32.7 Å². The second-order valence-electron chi connectivity index (χ2n) is 8.93. The molecule has 0 radical (unpaired) electrons. The Morgan fingerprint density at radius 2 is 1.41 bits per heavy atom. The highest BCUT2D eigenvalue weighted by Crippen LogP contribution is 2.19. The maximum absolute atomic E-state index is 12.5. The van der Waals surface area contributed by atoms with Gasteiger partial charge >= 0.3 is 30.3 Å². The van der Waals surface area contributed by atoms with Crippen molar-refractivity contribution in [1.29, 1.82) is 0 Å². The third-order valence-corrected chi connectivity index (χ3v) is 3.47. The highest BCUT2D eigenvalue weighted by molar-refractivity contribution is 5.93. The summed E-state index contributed by atoms with van der Waals surface area (Å²) in [6.07, 6.45) is -1.76. The van der Waals surface area contributed by atoms with Crippen molar-refractivity contribution in [2.75, 3.05) is 0 Å². The van der Waals surface area contributed by atoms with Crippen molar-refractivity contribution >= 4 is 24.1 Å². The highest BCUT2D eigenvalue weighted by atomic mass is 19.4. The largest absolute Gasteiger partial charge is 0.490 e. The van der Waals surface area contributed by atoms with Gasteiger partial charge in [-0.15, -0.1) is 0 Å². The Labute approximate surface area is 194 Å². The molecule has 34 heavy (non-hydrogen) atoms. The Morgan fingerprint density at radius 3 is 1.71 bits per heavy atom. The van der Waals surface area contributed by atoms with E-state index >= 15 is 0 Å². The number of carboxylic acids is 2. The van der Waals surface area contributed by atoms with Gasteiger partial charge < -0.3 is 24.3 Å². The summed E-state index contributed by atoms with van der Waals surface area (Å²) in [6, 6.07) is -1.40. The van der Waals surface area contributed by atoms with E-state index in [-0.39, 0.29) is 6.42 Å². The molecule has 0 fully saturated rings. The van der Waals surface area contributed by atoms with Crippen LogP contribution in [0.25, 0.3) is 0 Å². The lowest BCUT2D eigenvalue weighted by Crippen LogP contribution is -2.52. The molecule has 14 heteroatoms. The third kappa shape index (κ3) is 12.6. The number of aromatic nitrogens is 2. The van der Waals surface area contributed by atoms with Crippen molar-refractivity contribution in [2.45, 2.75) is 84.3 Å². The number of imidazole rings is 1. The Bertz CT molecular complexity index is 800. The first-order chi connectivity index (χ1) is 15.2. The summed E-state index contributed by atoms with van der Waals surface area (Å²) < 4.78 is 44.0. The fourth-order valence-electron chi connectivity index (χ4n) is 2.20. The van der Waals surface area contributed by atoms with Crippen molar-refractivity contribution in [1.82, 2.24) is 14.5 Å². The van der Waals surface area contributed by atoms with E-state index in [1.165, 1.54) is 0 Å². The number of carboxylic acid groups (broad SMARTS) is 2. The monoisotopic (exact) mass is 497 g/mol. The molecule has 1 atom stereocenters. The van der Waals surface area contributed by atoms with Gasteiger partial charge in [-0.3, -0.25) is 0 Å². The van der Waals surface area contributed by atoms with E-state index in [1.807, 2.05) is 0 Å². The van der Waals surface area contributed by atoms with E-state index in [0.29, 0.717) is 17.9 Å². The van der Waals surface area contributed by atoms with Crippen LogP contribution in [0.15, 0.2) is 18.7 Å². The predicted molar refractivity (Wildman–Crippen MR) is 111 cm³/mol. The molecule has 0 aromatic carbocycles. The molecule has 0 aliphatic rings. The molecule has 0 saturated heterocycles. The van der Waals surface area contributed by atoms with Gasteiger partial charge in [0, 0.05) is 18.9 Å². The van der Waals surface area contributed by atoms with Gasteiger partial charge in [-0.05, 0) is 54.4 Å². The van der Waals surface area contributed by atoms with Crippen LogP contribution in [0.1, 0.15) is 54.4 Å². The smallest absolute Gasteiger partial charge is 0.480 e. The van der Waals surface area contributed by atoms with Crippen LogP contribution >= 0.6 is 0 Å². The first kappa shape index (κ1) is 30.7. The predicted octanol–water partition coefficient (Wildman–Crippen LogP) is 3.92. The van der Waals surface area contributed by atoms with Crippen LogP contribution in [0.4, 0.5) is 22.8 Å². The number of hydrogen-bond acceptors (Lipinski definition) is 7.